The molecule has 0 N–H and O–H groups in total. The number of ether oxygens (including phenoxy) is 3. The summed E-state index contributed by atoms with van der Waals surface area (Å²) in [6.45, 7) is 4.29. The molecule has 0 aromatic carbocycles. The summed E-state index contributed by atoms with van der Waals surface area (Å²) in [5, 5.41) is 11.6. The van der Waals surface area contributed by atoms with Crippen molar-refractivity contribution in [3.8, 4) is 0 Å². The second kappa shape index (κ2) is 38.1. The summed E-state index contributed by atoms with van der Waals surface area (Å²) in [5.74, 6) is -1.85. The normalized spacial score (nSPS) is 13.9. The maximum atomic E-state index is 12.7. The summed E-state index contributed by atoms with van der Waals surface area (Å²) in [6.07, 6.45) is 50.2. The van der Waals surface area contributed by atoms with Crippen molar-refractivity contribution in [2.75, 3.05) is 41.0 Å². The Hall–Kier alpha value is -3.75. The molecule has 0 aromatic heterocycles. The molecule has 0 rings (SSSR count). The van der Waals surface area contributed by atoms with E-state index < -0.39 is 24.1 Å². The number of unbranched alkanes of at least 4 members (excludes halogenated alkanes) is 10. The van der Waals surface area contributed by atoms with Crippen LogP contribution in [0, 0.1) is 0 Å². The zero-order valence-corrected chi connectivity index (χ0v) is 35.8. The molecule has 2 atom stereocenters. The Morgan fingerprint density at radius 3 is 1.64 bits per heavy atom. The summed E-state index contributed by atoms with van der Waals surface area (Å²) in [4.78, 5) is 36.8. The first kappa shape index (κ1) is 52.2. The Morgan fingerprint density at radius 2 is 1.05 bits per heavy atom. The van der Waals surface area contributed by atoms with E-state index in [0.717, 1.165) is 51.4 Å². The van der Waals surface area contributed by atoms with Gasteiger partial charge in [0.25, 0.3) is 0 Å². The van der Waals surface area contributed by atoms with Gasteiger partial charge in [0, 0.05) is 19.3 Å². The summed E-state index contributed by atoms with van der Waals surface area (Å²) >= 11 is 0. The highest BCUT2D eigenvalue weighted by Gasteiger charge is 2.25. The van der Waals surface area contributed by atoms with E-state index in [1.165, 1.54) is 38.5 Å². The van der Waals surface area contributed by atoms with Crippen molar-refractivity contribution in [3.63, 3.8) is 0 Å². The summed E-state index contributed by atoms with van der Waals surface area (Å²) in [5.41, 5.74) is 0. The SMILES string of the molecule is CC/C=C/C=C/C=C/C=C/C=C/CCCC(=O)OC(COCCC(C(=O)[O-])[N+](C)(C)C)COC(=O)CCCCCCCCCCC/C=C/C/C=C/C/C=C/CC. The average molecular weight is 780 g/mol. The number of carbonyl (C=O) groups excluding carboxylic acids is 3. The number of rotatable bonds is 36. The molecule has 8 heteroatoms. The Kier molecular flexibility index (Phi) is 35.6. The minimum Gasteiger partial charge on any atom is -0.544 e. The van der Waals surface area contributed by atoms with Crippen molar-refractivity contribution in [2.45, 2.75) is 148 Å². The lowest BCUT2D eigenvalue weighted by atomic mass is 10.1. The minimum absolute atomic E-state index is 0.00392. The first-order chi connectivity index (χ1) is 27.1. The number of carbonyl (C=O) groups is 3. The van der Waals surface area contributed by atoms with Crippen LogP contribution in [-0.4, -0.2) is 75.5 Å². The number of likely N-dealkylation sites (N-methyl/N-ethyl adjacent to an activating group) is 1. The minimum atomic E-state index is -1.14. The van der Waals surface area contributed by atoms with Crippen LogP contribution in [0.5, 0.6) is 0 Å². The molecule has 0 radical (unpaired) electrons. The number of esters is 2. The van der Waals surface area contributed by atoms with Crippen molar-refractivity contribution in [2.24, 2.45) is 0 Å². The Bertz CT molecular complexity index is 1230. The molecule has 0 amide bonds. The van der Waals surface area contributed by atoms with Gasteiger partial charge in [-0.25, -0.2) is 0 Å². The molecule has 0 aliphatic carbocycles. The van der Waals surface area contributed by atoms with E-state index in [9.17, 15) is 19.5 Å². The van der Waals surface area contributed by atoms with Crippen LogP contribution in [0.1, 0.15) is 136 Å². The van der Waals surface area contributed by atoms with Crippen LogP contribution in [0.25, 0.3) is 0 Å². The van der Waals surface area contributed by atoms with Gasteiger partial charge in [-0.3, -0.25) is 9.59 Å². The third-order valence-electron chi connectivity index (χ3n) is 8.84. The molecule has 0 saturated carbocycles. The number of allylic oxidation sites excluding steroid dienone is 16. The van der Waals surface area contributed by atoms with E-state index >= 15 is 0 Å². The van der Waals surface area contributed by atoms with Crippen molar-refractivity contribution in [1.82, 2.24) is 0 Å². The molecule has 0 saturated heterocycles. The number of nitrogens with zero attached hydrogens (tertiary/aromatic N) is 1. The van der Waals surface area contributed by atoms with Crippen LogP contribution in [0.2, 0.25) is 0 Å². The Balaban J connectivity index is 4.43. The molecule has 316 valence electrons. The Labute approximate surface area is 341 Å². The predicted molar refractivity (Wildman–Crippen MR) is 231 cm³/mol. The van der Waals surface area contributed by atoms with Crippen molar-refractivity contribution in [3.05, 3.63) is 97.2 Å². The zero-order chi connectivity index (χ0) is 41.4. The zero-order valence-electron chi connectivity index (χ0n) is 35.8. The number of hydrogen-bond acceptors (Lipinski definition) is 7. The molecule has 2 unspecified atom stereocenters. The lowest BCUT2D eigenvalue weighted by Crippen LogP contribution is -2.55. The van der Waals surface area contributed by atoms with Gasteiger partial charge in [-0.15, -0.1) is 0 Å². The maximum absolute atomic E-state index is 12.7. The molecule has 56 heavy (non-hydrogen) atoms. The van der Waals surface area contributed by atoms with E-state index in [1.54, 1.807) is 21.1 Å². The lowest BCUT2D eigenvalue weighted by molar-refractivity contribution is -0.889. The summed E-state index contributed by atoms with van der Waals surface area (Å²) in [7, 11) is 5.36. The first-order valence-corrected chi connectivity index (χ1v) is 21.3. The van der Waals surface area contributed by atoms with Gasteiger partial charge in [-0.05, 0) is 57.8 Å². The van der Waals surface area contributed by atoms with E-state index in [4.69, 9.17) is 14.2 Å². The van der Waals surface area contributed by atoms with E-state index in [1.807, 2.05) is 54.7 Å². The van der Waals surface area contributed by atoms with Gasteiger partial charge in [0.15, 0.2) is 6.10 Å². The van der Waals surface area contributed by atoms with Crippen LogP contribution in [0.3, 0.4) is 0 Å². The number of carboxylic acid groups (broad SMARTS) is 1. The van der Waals surface area contributed by atoms with Crippen LogP contribution < -0.4 is 5.11 Å². The first-order valence-electron chi connectivity index (χ1n) is 21.3. The Morgan fingerprint density at radius 1 is 0.554 bits per heavy atom. The second-order valence-corrected chi connectivity index (χ2v) is 14.9. The van der Waals surface area contributed by atoms with Crippen LogP contribution in [0.15, 0.2) is 97.2 Å². The van der Waals surface area contributed by atoms with Gasteiger partial charge in [-0.1, -0.05) is 156 Å². The average Bonchev–Trinajstić information content (AvgIpc) is 3.15. The third kappa shape index (κ3) is 35.9. The van der Waals surface area contributed by atoms with E-state index in [0.29, 0.717) is 19.3 Å². The number of hydrogen-bond donors (Lipinski definition) is 0. The number of carboxylic acids is 1. The fourth-order valence-corrected chi connectivity index (χ4v) is 5.58. The molecule has 0 heterocycles. The van der Waals surface area contributed by atoms with Crippen LogP contribution >= 0.6 is 0 Å². The molecule has 0 aromatic rings. The fraction of sp³-hybridized carbons (Fsp3) is 0.604. The van der Waals surface area contributed by atoms with Gasteiger partial charge in [0.05, 0.1) is 40.3 Å². The lowest BCUT2D eigenvalue weighted by Gasteiger charge is -2.34. The molecule has 0 fully saturated rings. The molecular weight excluding hydrogens is 703 g/mol. The van der Waals surface area contributed by atoms with Gasteiger partial charge in [-0.2, -0.15) is 0 Å². The van der Waals surface area contributed by atoms with Crippen molar-refractivity contribution in [1.29, 1.82) is 0 Å². The molecular formula is C48H77NO7. The quantitative estimate of drug-likeness (QED) is 0.0205. The van der Waals surface area contributed by atoms with Gasteiger partial charge >= 0.3 is 11.9 Å². The van der Waals surface area contributed by atoms with Gasteiger partial charge in [0.1, 0.15) is 12.6 Å². The van der Waals surface area contributed by atoms with E-state index in [2.05, 4.69) is 56.4 Å². The molecule has 0 bridgehead atoms. The second-order valence-electron chi connectivity index (χ2n) is 14.9. The monoisotopic (exact) mass is 780 g/mol. The summed E-state index contributed by atoms with van der Waals surface area (Å²) in [6, 6.07) is -0.744. The molecule has 8 nitrogen and oxygen atoms in total. The van der Waals surface area contributed by atoms with Gasteiger partial charge < -0.3 is 28.6 Å². The fourth-order valence-electron chi connectivity index (χ4n) is 5.58. The largest absolute Gasteiger partial charge is 0.544 e. The highest BCUT2D eigenvalue weighted by Crippen LogP contribution is 2.13. The molecule has 0 aliphatic rings. The maximum Gasteiger partial charge on any atom is 0.306 e. The van der Waals surface area contributed by atoms with Gasteiger partial charge in [0.2, 0.25) is 0 Å². The third-order valence-corrected chi connectivity index (χ3v) is 8.84. The standard InChI is InChI=1S/C48H77NO7/c1-6-8-10-12-14-16-18-20-21-22-23-24-25-27-28-30-32-34-36-38-46(50)55-43-44(42-54-41-40-45(48(52)53)49(3,4)5)56-47(51)39-37-35-33-31-29-26-19-17-15-13-11-9-7-2/h8-11,13-17,19-21,26,29,31,33,44-45H,6-7,12,18,22-25,27-28,30,32,34-43H2,1-5H3/b10-8+,11-9+,15-13+,16-14+,19-17+,21-20+,29-26+,33-31+. The predicted octanol–water partition coefficient (Wildman–Crippen LogP) is 10.2. The topological polar surface area (TPSA) is 102 Å². The number of quaternary nitrogens is 1. The van der Waals surface area contributed by atoms with Crippen LogP contribution in [-0.2, 0) is 28.6 Å². The van der Waals surface area contributed by atoms with Crippen LogP contribution in [0.4, 0.5) is 0 Å². The van der Waals surface area contributed by atoms with E-state index in [-0.39, 0.29) is 43.1 Å². The van der Waals surface area contributed by atoms with Crippen molar-refractivity contribution < 1.29 is 38.2 Å². The highest BCUT2D eigenvalue weighted by atomic mass is 16.6. The summed E-state index contributed by atoms with van der Waals surface area (Å²) < 4.78 is 17.0. The van der Waals surface area contributed by atoms with Crippen molar-refractivity contribution >= 4 is 17.9 Å². The number of aliphatic carboxylic acids is 1. The molecule has 0 spiro atoms. The highest BCUT2D eigenvalue weighted by molar-refractivity contribution is 5.70. The smallest absolute Gasteiger partial charge is 0.306 e. The molecule has 0 aliphatic heterocycles.